The van der Waals surface area contributed by atoms with Crippen LogP contribution in [0.5, 0.6) is 0 Å². The molecule has 1 aromatic carbocycles. The minimum atomic E-state index is -3.53. The fourth-order valence-corrected chi connectivity index (χ4v) is 3.41. The fourth-order valence-electron chi connectivity index (χ4n) is 2.76. The van der Waals surface area contributed by atoms with E-state index >= 15 is 0 Å². The molecule has 116 valence electrons. The van der Waals surface area contributed by atoms with E-state index in [1.54, 1.807) is 24.3 Å². The van der Waals surface area contributed by atoms with Crippen molar-refractivity contribution < 1.29 is 13.2 Å². The number of benzene rings is 1. The highest BCUT2D eigenvalue weighted by Crippen LogP contribution is 2.36. The average molecular weight is 310 g/mol. The molecule has 1 saturated carbocycles. The average Bonchev–Trinajstić information content (AvgIpc) is 2.40. The molecular weight excluding hydrogens is 288 g/mol. The van der Waals surface area contributed by atoms with Gasteiger partial charge in [-0.05, 0) is 30.5 Å². The van der Waals surface area contributed by atoms with Gasteiger partial charge >= 0.3 is 0 Å². The van der Waals surface area contributed by atoms with Crippen molar-refractivity contribution in [2.45, 2.75) is 44.8 Å². The van der Waals surface area contributed by atoms with Crippen LogP contribution in [0.3, 0.4) is 0 Å². The Morgan fingerprint density at radius 1 is 1.19 bits per heavy atom. The van der Waals surface area contributed by atoms with Gasteiger partial charge in [-0.15, -0.1) is 0 Å². The van der Waals surface area contributed by atoms with Crippen molar-refractivity contribution in [3.8, 4) is 0 Å². The first-order valence-electron chi connectivity index (χ1n) is 7.19. The fraction of sp³-hybridized carbons (Fsp3) is 0.533. The van der Waals surface area contributed by atoms with E-state index in [-0.39, 0.29) is 17.1 Å². The lowest BCUT2D eigenvalue weighted by atomic mass is 9.75. The van der Waals surface area contributed by atoms with E-state index < -0.39 is 10.0 Å². The normalized spacial score (nSPS) is 18.2. The molecule has 0 aliphatic heterocycles. The Labute approximate surface area is 126 Å². The van der Waals surface area contributed by atoms with Gasteiger partial charge < -0.3 is 5.32 Å². The quantitative estimate of drug-likeness (QED) is 0.894. The Morgan fingerprint density at radius 3 is 2.29 bits per heavy atom. The van der Waals surface area contributed by atoms with Gasteiger partial charge in [-0.3, -0.25) is 4.79 Å². The third-order valence-electron chi connectivity index (χ3n) is 4.08. The molecule has 21 heavy (non-hydrogen) atoms. The second-order valence-corrected chi connectivity index (χ2v) is 7.69. The number of nitrogens with one attached hydrogen (secondary N) is 1. The summed E-state index contributed by atoms with van der Waals surface area (Å²) in [5.41, 5.74) is 1.00. The van der Waals surface area contributed by atoms with Gasteiger partial charge in [0.15, 0.2) is 0 Å². The van der Waals surface area contributed by atoms with Crippen LogP contribution in [0.1, 0.15) is 44.6 Å². The van der Waals surface area contributed by atoms with Crippen molar-refractivity contribution in [2.75, 3.05) is 5.32 Å². The van der Waals surface area contributed by atoms with E-state index in [4.69, 9.17) is 5.14 Å². The standard InChI is InChI=1S/C15H22N2O3S/c1-15(9-3-2-4-10-15)14(18)17-13-7-5-12(6-8-13)11-21(16,19)20/h5-8H,2-4,9-11H2,1H3,(H,17,18)(H2,16,19,20). The van der Waals surface area contributed by atoms with E-state index in [9.17, 15) is 13.2 Å². The van der Waals surface area contributed by atoms with Crippen molar-refractivity contribution in [3.63, 3.8) is 0 Å². The molecule has 0 saturated heterocycles. The molecule has 1 fully saturated rings. The second kappa shape index (κ2) is 6.15. The monoisotopic (exact) mass is 310 g/mol. The Balaban J connectivity index is 2.01. The number of hydrogen-bond acceptors (Lipinski definition) is 3. The molecule has 3 N–H and O–H groups in total. The maximum absolute atomic E-state index is 12.4. The molecule has 1 amide bonds. The number of anilines is 1. The largest absolute Gasteiger partial charge is 0.326 e. The van der Waals surface area contributed by atoms with Crippen LogP contribution in [-0.2, 0) is 20.6 Å². The minimum Gasteiger partial charge on any atom is -0.326 e. The summed E-state index contributed by atoms with van der Waals surface area (Å²) in [6.07, 6.45) is 5.23. The maximum atomic E-state index is 12.4. The SMILES string of the molecule is CC1(C(=O)Nc2ccc(CS(N)(=O)=O)cc2)CCCCC1. The van der Waals surface area contributed by atoms with Gasteiger partial charge in [0.05, 0.1) is 5.75 Å². The molecule has 6 heteroatoms. The summed E-state index contributed by atoms with van der Waals surface area (Å²) in [6, 6.07) is 6.77. The van der Waals surface area contributed by atoms with E-state index in [1.807, 2.05) is 6.92 Å². The van der Waals surface area contributed by atoms with Gasteiger partial charge in [0.1, 0.15) is 0 Å². The van der Waals surface area contributed by atoms with Crippen molar-refractivity contribution in [2.24, 2.45) is 10.6 Å². The molecule has 5 nitrogen and oxygen atoms in total. The zero-order valence-corrected chi connectivity index (χ0v) is 13.1. The minimum absolute atomic E-state index is 0.0430. The summed E-state index contributed by atoms with van der Waals surface area (Å²) in [6.45, 7) is 2.01. The van der Waals surface area contributed by atoms with Gasteiger partial charge in [-0.2, -0.15) is 0 Å². The summed E-state index contributed by atoms with van der Waals surface area (Å²) < 4.78 is 22.0. The van der Waals surface area contributed by atoms with Gasteiger partial charge in [0.25, 0.3) is 0 Å². The number of carbonyl (C=O) groups excluding carboxylic acids is 1. The molecule has 0 bridgehead atoms. The van der Waals surface area contributed by atoms with Crippen LogP contribution in [0.2, 0.25) is 0 Å². The highest BCUT2D eigenvalue weighted by Gasteiger charge is 2.34. The first-order chi connectivity index (χ1) is 9.78. The number of amides is 1. The van der Waals surface area contributed by atoms with Gasteiger partial charge in [0.2, 0.25) is 15.9 Å². The first kappa shape index (κ1) is 16.0. The summed E-state index contributed by atoms with van der Waals surface area (Å²) >= 11 is 0. The Hall–Kier alpha value is -1.40. The Morgan fingerprint density at radius 2 is 1.76 bits per heavy atom. The molecular formula is C15H22N2O3S. The lowest BCUT2D eigenvalue weighted by molar-refractivity contribution is -0.126. The van der Waals surface area contributed by atoms with Crippen LogP contribution in [0, 0.1) is 5.41 Å². The topological polar surface area (TPSA) is 89.3 Å². The Kier molecular flexibility index (Phi) is 4.68. The summed E-state index contributed by atoms with van der Waals surface area (Å²) in [4.78, 5) is 12.4. The van der Waals surface area contributed by atoms with Crippen molar-refractivity contribution in [3.05, 3.63) is 29.8 Å². The highest BCUT2D eigenvalue weighted by atomic mass is 32.2. The smallest absolute Gasteiger partial charge is 0.230 e. The van der Waals surface area contributed by atoms with Crippen LogP contribution in [0.25, 0.3) is 0 Å². The molecule has 0 radical (unpaired) electrons. The van der Waals surface area contributed by atoms with Crippen molar-refractivity contribution >= 4 is 21.6 Å². The third-order valence-corrected chi connectivity index (χ3v) is 4.82. The molecule has 1 aliphatic rings. The number of carbonyl (C=O) groups is 1. The molecule has 0 aromatic heterocycles. The van der Waals surface area contributed by atoms with Crippen LogP contribution in [-0.4, -0.2) is 14.3 Å². The van der Waals surface area contributed by atoms with Crippen LogP contribution >= 0.6 is 0 Å². The molecule has 0 atom stereocenters. The van der Waals surface area contributed by atoms with E-state index in [2.05, 4.69) is 5.32 Å². The van der Waals surface area contributed by atoms with E-state index in [0.717, 1.165) is 25.7 Å². The predicted octanol–water partition coefficient (Wildman–Crippen LogP) is 2.38. The summed E-state index contributed by atoms with van der Waals surface area (Å²) in [5, 5.41) is 7.93. The van der Waals surface area contributed by atoms with E-state index in [0.29, 0.717) is 11.3 Å². The zero-order chi connectivity index (χ0) is 15.5. The summed E-state index contributed by atoms with van der Waals surface area (Å²) in [5.74, 6) is -0.153. The second-order valence-electron chi connectivity index (χ2n) is 6.08. The van der Waals surface area contributed by atoms with E-state index in [1.165, 1.54) is 6.42 Å². The van der Waals surface area contributed by atoms with Gasteiger partial charge in [-0.1, -0.05) is 38.3 Å². The molecule has 2 rings (SSSR count). The van der Waals surface area contributed by atoms with Crippen LogP contribution < -0.4 is 10.5 Å². The third kappa shape index (κ3) is 4.54. The maximum Gasteiger partial charge on any atom is 0.230 e. The lowest BCUT2D eigenvalue weighted by Gasteiger charge is -2.32. The van der Waals surface area contributed by atoms with Gasteiger partial charge in [-0.25, -0.2) is 13.6 Å². The number of primary sulfonamides is 1. The molecule has 0 unspecified atom stereocenters. The van der Waals surface area contributed by atoms with Crippen LogP contribution in [0.15, 0.2) is 24.3 Å². The number of sulfonamides is 1. The number of nitrogens with two attached hydrogens (primary N) is 1. The highest BCUT2D eigenvalue weighted by molar-refractivity contribution is 7.88. The van der Waals surface area contributed by atoms with Crippen molar-refractivity contribution in [1.29, 1.82) is 0 Å². The number of rotatable bonds is 4. The molecule has 1 aromatic rings. The van der Waals surface area contributed by atoms with Crippen LogP contribution in [0.4, 0.5) is 5.69 Å². The number of hydrogen-bond donors (Lipinski definition) is 2. The molecule has 1 aliphatic carbocycles. The lowest BCUT2D eigenvalue weighted by Crippen LogP contribution is -2.35. The summed E-state index contributed by atoms with van der Waals surface area (Å²) in [7, 11) is -3.53. The van der Waals surface area contributed by atoms with Gasteiger partial charge in [0, 0.05) is 11.1 Å². The Bertz CT molecular complexity index is 602. The zero-order valence-electron chi connectivity index (χ0n) is 12.3. The molecule has 0 heterocycles. The predicted molar refractivity (Wildman–Crippen MR) is 83.1 cm³/mol. The molecule has 0 spiro atoms. The first-order valence-corrected chi connectivity index (χ1v) is 8.91. The van der Waals surface area contributed by atoms with Crippen molar-refractivity contribution in [1.82, 2.24) is 0 Å².